The Labute approximate surface area is 109 Å². The summed E-state index contributed by atoms with van der Waals surface area (Å²) in [4.78, 5) is 23.4. The Morgan fingerprint density at radius 2 is 1.83 bits per heavy atom. The van der Waals surface area contributed by atoms with Crippen LogP contribution in [0.3, 0.4) is 0 Å². The van der Waals surface area contributed by atoms with E-state index in [1.54, 1.807) is 12.1 Å². The standard InChI is InChI=1S/C8H13NO6P2S/c1-14-16(10,11)8(17(12,13)15-2)18-7-4-3-5-9-6-7/h3-6,8H,1-2H3,(H,10,11)(H,12,13). The summed E-state index contributed by atoms with van der Waals surface area (Å²) in [5.74, 6) is 0. The fraction of sp³-hybridized carbons (Fsp3) is 0.375. The molecule has 10 heteroatoms. The molecule has 1 aromatic rings. The Morgan fingerprint density at radius 1 is 1.28 bits per heavy atom. The zero-order chi connectivity index (χ0) is 13.8. The van der Waals surface area contributed by atoms with Crippen LogP contribution in [0.1, 0.15) is 0 Å². The Hall–Kier alpha value is -0.200. The first-order valence-corrected chi connectivity index (χ1v) is 8.84. The van der Waals surface area contributed by atoms with Crippen LogP contribution in [0.4, 0.5) is 0 Å². The van der Waals surface area contributed by atoms with Gasteiger partial charge in [-0.05, 0) is 12.1 Å². The summed E-state index contributed by atoms with van der Waals surface area (Å²) >= 11 is 0.713. The Kier molecular flexibility index (Phi) is 5.55. The van der Waals surface area contributed by atoms with Crippen LogP contribution in [0, 0.1) is 0 Å². The third-order valence-electron chi connectivity index (χ3n) is 1.96. The molecule has 7 nitrogen and oxygen atoms in total. The van der Waals surface area contributed by atoms with Crippen molar-refractivity contribution in [3.63, 3.8) is 0 Å². The maximum Gasteiger partial charge on any atom is 0.353 e. The normalized spacial score (nSPS) is 19.8. The van der Waals surface area contributed by atoms with Gasteiger partial charge in [0.15, 0.2) is 0 Å². The molecule has 1 heterocycles. The van der Waals surface area contributed by atoms with Crippen molar-refractivity contribution in [2.24, 2.45) is 0 Å². The number of nitrogens with zero attached hydrogens (tertiary/aromatic N) is 1. The minimum Gasteiger partial charge on any atom is -0.323 e. The van der Waals surface area contributed by atoms with Crippen molar-refractivity contribution >= 4 is 27.0 Å². The van der Waals surface area contributed by atoms with Crippen LogP contribution in [0.2, 0.25) is 0 Å². The summed E-state index contributed by atoms with van der Waals surface area (Å²) in [5, 5.41) is 0. The summed E-state index contributed by atoms with van der Waals surface area (Å²) in [6, 6.07) is 3.19. The van der Waals surface area contributed by atoms with Crippen LogP contribution in [-0.2, 0) is 18.2 Å². The number of hydrogen-bond donors (Lipinski definition) is 2. The topological polar surface area (TPSA) is 106 Å². The third kappa shape index (κ3) is 3.90. The third-order valence-corrected chi connectivity index (χ3v) is 8.83. The van der Waals surface area contributed by atoms with Gasteiger partial charge < -0.3 is 18.8 Å². The van der Waals surface area contributed by atoms with Crippen molar-refractivity contribution < 1.29 is 28.0 Å². The summed E-state index contributed by atoms with van der Waals surface area (Å²) in [6.07, 6.45) is 2.92. The van der Waals surface area contributed by atoms with Gasteiger partial charge in [-0.1, -0.05) is 11.8 Å². The predicted octanol–water partition coefficient (Wildman–Crippen LogP) is 2.12. The summed E-state index contributed by atoms with van der Waals surface area (Å²) in [5.41, 5.74) is 0. The molecular weight excluding hydrogens is 300 g/mol. The zero-order valence-corrected chi connectivity index (χ0v) is 12.3. The molecule has 2 N–H and O–H groups in total. The highest BCUT2D eigenvalue weighted by Gasteiger charge is 2.47. The van der Waals surface area contributed by atoms with Crippen LogP contribution in [-0.4, -0.2) is 33.7 Å². The van der Waals surface area contributed by atoms with Crippen molar-refractivity contribution in [2.45, 2.75) is 9.63 Å². The van der Waals surface area contributed by atoms with E-state index in [0.29, 0.717) is 16.7 Å². The lowest BCUT2D eigenvalue weighted by molar-refractivity contribution is 0.296. The molecule has 0 saturated carbocycles. The van der Waals surface area contributed by atoms with Crippen LogP contribution >= 0.6 is 27.0 Å². The van der Waals surface area contributed by atoms with Gasteiger partial charge >= 0.3 is 15.2 Å². The fourth-order valence-corrected chi connectivity index (χ4v) is 6.27. The zero-order valence-electron chi connectivity index (χ0n) is 9.66. The lowest BCUT2D eigenvalue weighted by Gasteiger charge is -2.23. The number of rotatable bonds is 6. The second kappa shape index (κ2) is 6.30. The highest BCUT2D eigenvalue weighted by Crippen LogP contribution is 2.69. The quantitative estimate of drug-likeness (QED) is 0.607. The van der Waals surface area contributed by atoms with Crippen LogP contribution in [0.5, 0.6) is 0 Å². The Morgan fingerprint density at radius 3 is 2.22 bits per heavy atom. The lowest BCUT2D eigenvalue weighted by Crippen LogP contribution is -2.07. The molecule has 2 atom stereocenters. The van der Waals surface area contributed by atoms with E-state index < -0.39 is 19.9 Å². The van der Waals surface area contributed by atoms with Crippen LogP contribution < -0.4 is 0 Å². The molecule has 1 rings (SSSR count). The molecule has 1 aromatic heterocycles. The second-order valence-corrected chi connectivity index (χ2v) is 9.43. The van der Waals surface area contributed by atoms with E-state index in [9.17, 15) is 18.9 Å². The first-order valence-electron chi connectivity index (χ1n) is 4.66. The molecule has 0 bridgehead atoms. The van der Waals surface area contributed by atoms with E-state index in [4.69, 9.17) is 0 Å². The van der Waals surface area contributed by atoms with E-state index in [-0.39, 0.29) is 0 Å². The van der Waals surface area contributed by atoms with Crippen molar-refractivity contribution in [3.05, 3.63) is 24.5 Å². The van der Waals surface area contributed by atoms with E-state index in [1.807, 2.05) is 0 Å². The monoisotopic (exact) mass is 313 g/mol. The molecule has 0 aliphatic carbocycles. The summed E-state index contributed by atoms with van der Waals surface area (Å²) < 4.78 is 30.8. The summed E-state index contributed by atoms with van der Waals surface area (Å²) in [7, 11) is -6.59. The molecule has 0 radical (unpaired) electrons. The van der Waals surface area contributed by atoms with Gasteiger partial charge in [0.1, 0.15) is 0 Å². The van der Waals surface area contributed by atoms with E-state index in [1.165, 1.54) is 12.4 Å². The fourth-order valence-electron chi connectivity index (χ4n) is 1.04. The predicted molar refractivity (Wildman–Crippen MR) is 67.6 cm³/mol. The minimum atomic E-state index is -4.29. The van der Waals surface area contributed by atoms with Crippen molar-refractivity contribution in [3.8, 4) is 0 Å². The van der Waals surface area contributed by atoms with Crippen LogP contribution in [0.15, 0.2) is 29.4 Å². The molecule has 0 fully saturated rings. The molecule has 0 spiro atoms. The maximum atomic E-state index is 11.8. The molecule has 102 valence electrons. The van der Waals surface area contributed by atoms with Gasteiger partial charge in [-0.25, -0.2) is 0 Å². The van der Waals surface area contributed by atoms with Gasteiger partial charge in [-0.2, -0.15) is 0 Å². The number of hydrogen-bond acceptors (Lipinski definition) is 6. The Balaban J connectivity index is 3.08. The summed E-state index contributed by atoms with van der Waals surface area (Å²) in [6.45, 7) is 0. The lowest BCUT2D eigenvalue weighted by atomic mass is 10.5. The van der Waals surface area contributed by atoms with Gasteiger partial charge in [0.05, 0.1) is 0 Å². The second-order valence-electron chi connectivity index (χ2n) is 3.13. The molecule has 0 aliphatic rings. The number of thioether (sulfide) groups is 1. The van der Waals surface area contributed by atoms with Crippen molar-refractivity contribution in [2.75, 3.05) is 14.2 Å². The molecule has 18 heavy (non-hydrogen) atoms. The van der Waals surface area contributed by atoms with E-state index >= 15 is 0 Å². The number of aromatic nitrogens is 1. The molecule has 0 saturated heterocycles. The van der Waals surface area contributed by atoms with Gasteiger partial charge in [0.2, 0.25) is 4.73 Å². The van der Waals surface area contributed by atoms with Gasteiger partial charge in [0, 0.05) is 31.5 Å². The average molecular weight is 313 g/mol. The number of pyridine rings is 1. The smallest absolute Gasteiger partial charge is 0.323 e. The molecule has 0 amide bonds. The minimum absolute atomic E-state index is 0.458. The highest BCUT2D eigenvalue weighted by atomic mass is 32.2. The Bertz CT molecular complexity index is 460. The van der Waals surface area contributed by atoms with Crippen molar-refractivity contribution in [1.29, 1.82) is 0 Å². The van der Waals surface area contributed by atoms with Gasteiger partial charge in [-0.15, -0.1) is 0 Å². The molecule has 0 aromatic carbocycles. The van der Waals surface area contributed by atoms with E-state index in [2.05, 4.69) is 14.0 Å². The molecular formula is C8H13NO6P2S. The van der Waals surface area contributed by atoms with Crippen molar-refractivity contribution in [1.82, 2.24) is 4.98 Å². The van der Waals surface area contributed by atoms with Gasteiger partial charge in [0.25, 0.3) is 0 Å². The van der Waals surface area contributed by atoms with E-state index in [0.717, 1.165) is 14.2 Å². The molecule has 0 aliphatic heterocycles. The average Bonchev–Trinajstić information content (AvgIpc) is 2.37. The first kappa shape index (κ1) is 15.9. The molecule has 2 unspecified atom stereocenters. The largest absolute Gasteiger partial charge is 0.353 e. The maximum absolute atomic E-state index is 11.8. The SMILES string of the molecule is COP(=O)(O)C(Sc1cccnc1)P(=O)(O)OC. The first-order chi connectivity index (χ1) is 8.33. The highest BCUT2D eigenvalue weighted by molar-refractivity contribution is 8.12. The van der Waals surface area contributed by atoms with Gasteiger partial charge in [-0.3, -0.25) is 14.1 Å². The van der Waals surface area contributed by atoms with Crippen LogP contribution in [0.25, 0.3) is 0 Å².